The lowest BCUT2D eigenvalue weighted by Gasteiger charge is -2.07. The van der Waals surface area contributed by atoms with E-state index in [0.29, 0.717) is 32.8 Å². The molecule has 0 N–H and O–H groups in total. The first-order valence-corrected chi connectivity index (χ1v) is 9.21. The number of esters is 1. The van der Waals surface area contributed by atoms with Crippen molar-refractivity contribution in [2.75, 3.05) is 21.0 Å². The monoisotopic (exact) mass is 396 g/mol. The molecule has 2 aromatic rings. The molecular weight excluding hydrogens is 380 g/mol. The molecule has 0 aromatic heterocycles. The van der Waals surface area contributed by atoms with Crippen molar-refractivity contribution in [1.82, 2.24) is 4.90 Å². The predicted molar refractivity (Wildman–Crippen MR) is 106 cm³/mol. The van der Waals surface area contributed by atoms with Crippen molar-refractivity contribution in [2.45, 2.75) is 0 Å². The number of likely N-dealkylation sites (N-methyl/N-ethyl adjacent to an activating group) is 1. The second-order valence-corrected chi connectivity index (χ2v) is 7.03. The first-order valence-electron chi connectivity index (χ1n) is 8.39. The minimum absolute atomic E-state index is 0.132. The first kappa shape index (κ1) is 18.1. The van der Waals surface area contributed by atoms with Crippen molar-refractivity contribution in [1.29, 1.82) is 0 Å². The van der Waals surface area contributed by atoms with Gasteiger partial charge in [-0.3, -0.25) is 9.69 Å². The number of nitrogens with zero attached hydrogens (tertiary/aromatic N) is 2. The molecule has 142 valence electrons. The summed E-state index contributed by atoms with van der Waals surface area (Å²) in [7, 11) is 3.01. The van der Waals surface area contributed by atoms with Gasteiger partial charge < -0.3 is 14.2 Å². The average molecular weight is 396 g/mol. The number of carbonyl (C=O) groups excluding carboxylic acids is 2. The zero-order valence-corrected chi connectivity index (χ0v) is 16.0. The van der Waals surface area contributed by atoms with Gasteiger partial charge in [0.2, 0.25) is 6.79 Å². The Hall–Kier alpha value is -3.26. The number of rotatable bonds is 3. The maximum absolute atomic E-state index is 12.6. The molecule has 0 aliphatic carbocycles. The maximum atomic E-state index is 12.6. The third-order valence-electron chi connectivity index (χ3n) is 4.21. The molecule has 4 rings (SSSR count). The second kappa shape index (κ2) is 7.40. The number of benzene rings is 2. The Kier molecular flexibility index (Phi) is 4.79. The summed E-state index contributed by atoms with van der Waals surface area (Å²) in [6.45, 7) is 0.206. The number of amides is 1. The summed E-state index contributed by atoms with van der Waals surface area (Å²) in [4.78, 5) is 30.6. The fourth-order valence-electron chi connectivity index (χ4n) is 2.71. The number of methoxy groups -OCH3 is 1. The quantitative estimate of drug-likeness (QED) is 0.584. The standard InChI is InChI=1S/C20H16N2O5S/c1-22-18(23)17(10-12-3-8-15-16(9-12)27-11-26-15)28-20(22)21-14-6-4-13(5-7-14)19(24)25-2/h3-10H,11H2,1-2H3/b17-10-,21-20?. The number of ether oxygens (including phenoxy) is 3. The van der Waals surface area contributed by atoms with E-state index in [9.17, 15) is 9.59 Å². The number of carbonyl (C=O) groups is 2. The van der Waals surface area contributed by atoms with Crippen LogP contribution < -0.4 is 9.47 Å². The van der Waals surface area contributed by atoms with E-state index in [1.165, 1.54) is 23.8 Å². The maximum Gasteiger partial charge on any atom is 0.337 e. The van der Waals surface area contributed by atoms with Gasteiger partial charge in [0.25, 0.3) is 5.91 Å². The topological polar surface area (TPSA) is 77.4 Å². The number of hydrogen-bond acceptors (Lipinski definition) is 7. The molecule has 28 heavy (non-hydrogen) atoms. The van der Waals surface area contributed by atoms with Crippen LogP contribution in [0.25, 0.3) is 6.08 Å². The molecular formula is C20H16N2O5S. The van der Waals surface area contributed by atoms with Gasteiger partial charge in [0.15, 0.2) is 16.7 Å². The van der Waals surface area contributed by atoms with Crippen LogP contribution in [0.4, 0.5) is 5.69 Å². The van der Waals surface area contributed by atoms with Gasteiger partial charge in [0.05, 0.1) is 23.3 Å². The molecule has 0 bridgehead atoms. The number of amidine groups is 1. The lowest BCUT2D eigenvalue weighted by molar-refractivity contribution is -0.121. The summed E-state index contributed by atoms with van der Waals surface area (Å²) >= 11 is 1.29. The molecule has 2 heterocycles. The number of hydrogen-bond donors (Lipinski definition) is 0. The van der Waals surface area contributed by atoms with Crippen LogP contribution in [-0.2, 0) is 9.53 Å². The second-order valence-electron chi connectivity index (χ2n) is 6.02. The number of thioether (sulfide) groups is 1. The van der Waals surface area contributed by atoms with Crippen LogP contribution in [0.1, 0.15) is 15.9 Å². The molecule has 1 amide bonds. The third kappa shape index (κ3) is 3.46. The van der Waals surface area contributed by atoms with E-state index < -0.39 is 5.97 Å². The number of aliphatic imine (C=N–C) groups is 1. The Labute approximate surface area is 165 Å². The van der Waals surface area contributed by atoms with E-state index in [-0.39, 0.29) is 12.7 Å². The molecule has 2 aliphatic rings. The highest BCUT2D eigenvalue weighted by Gasteiger charge is 2.30. The van der Waals surface area contributed by atoms with Crippen LogP contribution in [0.2, 0.25) is 0 Å². The van der Waals surface area contributed by atoms with E-state index in [2.05, 4.69) is 9.73 Å². The van der Waals surface area contributed by atoms with Crippen molar-refractivity contribution >= 4 is 40.6 Å². The minimum atomic E-state index is -0.407. The van der Waals surface area contributed by atoms with Gasteiger partial charge in [-0.15, -0.1) is 0 Å². The van der Waals surface area contributed by atoms with Crippen LogP contribution in [0.5, 0.6) is 11.5 Å². The van der Waals surface area contributed by atoms with Gasteiger partial charge in [-0.2, -0.15) is 0 Å². The molecule has 2 aliphatic heterocycles. The third-order valence-corrected chi connectivity index (χ3v) is 5.27. The van der Waals surface area contributed by atoms with Crippen LogP contribution in [0, 0.1) is 0 Å². The normalized spacial score (nSPS) is 18.2. The Morgan fingerprint density at radius 2 is 1.93 bits per heavy atom. The Morgan fingerprint density at radius 1 is 1.18 bits per heavy atom. The van der Waals surface area contributed by atoms with E-state index in [0.717, 1.165) is 5.56 Å². The zero-order chi connectivity index (χ0) is 19.7. The zero-order valence-electron chi connectivity index (χ0n) is 15.2. The van der Waals surface area contributed by atoms with Gasteiger partial charge in [-0.1, -0.05) is 6.07 Å². The molecule has 0 atom stereocenters. The highest BCUT2D eigenvalue weighted by molar-refractivity contribution is 8.18. The van der Waals surface area contributed by atoms with E-state index in [4.69, 9.17) is 9.47 Å². The molecule has 7 nitrogen and oxygen atoms in total. The molecule has 1 saturated heterocycles. The van der Waals surface area contributed by atoms with Crippen LogP contribution in [-0.4, -0.2) is 42.9 Å². The van der Waals surface area contributed by atoms with E-state index in [1.54, 1.807) is 37.4 Å². The number of fused-ring (bicyclic) bond motifs is 1. The molecule has 1 fully saturated rings. The summed E-state index contributed by atoms with van der Waals surface area (Å²) < 4.78 is 15.4. The summed E-state index contributed by atoms with van der Waals surface area (Å²) in [6.07, 6.45) is 1.80. The first-order chi connectivity index (χ1) is 13.5. The summed E-state index contributed by atoms with van der Waals surface area (Å²) in [6, 6.07) is 12.2. The van der Waals surface area contributed by atoms with Crippen molar-refractivity contribution in [2.24, 2.45) is 4.99 Å². The molecule has 0 radical (unpaired) electrons. The fourth-order valence-corrected chi connectivity index (χ4v) is 3.69. The van der Waals surface area contributed by atoms with Gasteiger partial charge in [0.1, 0.15) is 0 Å². The van der Waals surface area contributed by atoms with Gasteiger partial charge in [-0.05, 0) is 59.8 Å². The van der Waals surface area contributed by atoms with Gasteiger partial charge in [-0.25, -0.2) is 9.79 Å². The molecule has 8 heteroatoms. The van der Waals surface area contributed by atoms with Crippen molar-refractivity contribution in [3.63, 3.8) is 0 Å². The van der Waals surface area contributed by atoms with Gasteiger partial charge >= 0.3 is 5.97 Å². The van der Waals surface area contributed by atoms with E-state index >= 15 is 0 Å². The van der Waals surface area contributed by atoms with Crippen LogP contribution in [0.3, 0.4) is 0 Å². The Morgan fingerprint density at radius 3 is 2.68 bits per heavy atom. The van der Waals surface area contributed by atoms with Crippen LogP contribution in [0.15, 0.2) is 52.4 Å². The lowest BCUT2D eigenvalue weighted by Crippen LogP contribution is -2.23. The molecule has 0 spiro atoms. The smallest absolute Gasteiger partial charge is 0.337 e. The highest BCUT2D eigenvalue weighted by atomic mass is 32.2. The predicted octanol–water partition coefficient (Wildman–Crippen LogP) is 3.44. The highest BCUT2D eigenvalue weighted by Crippen LogP contribution is 2.36. The summed E-state index contributed by atoms with van der Waals surface area (Å²) in [5, 5.41) is 0.558. The lowest BCUT2D eigenvalue weighted by atomic mass is 10.2. The van der Waals surface area contributed by atoms with Crippen molar-refractivity contribution in [3.8, 4) is 11.5 Å². The summed E-state index contributed by atoms with van der Waals surface area (Å²) in [5.74, 6) is 0.823. The fraction of sp³-hybridized carbons (Fsp3) is 0.150. The molecule has 0 unspecified atom stereocenters. The molecule has 2 aromatic carbocycles. The van der Waals surface area contributed by atoms with Crippen molar-refractivity contribution < 1.29 is 23.8 Å². The minimum Gasteiger partial charge on any atom is -0.465 e. The Bertz CT molecular complexity index is 1010. The SMILES string of the molecule is COC(=O)c1ccc(N=C2S/C(=C\c3ccc4c(c3)OCO4)C(=O)N2C)cc1. The molecule has 0 saturated carbocycles. The largest absolute Gasteiger partial charge is 0.465 e. The van der Waals surface area contributed by atoms with E-state index in [1.807, 2.05) is 18.2 Å². The van der Waals surface area contributed by atoms with Crippen molar-refractivity contribution in [3.05, 3.63) is 58.5 Å². The van der Waals surface area contributed by atoms with Crippen LogP contribution >= 0.6 is 11.8 Å². The Balaban J connectivity index is 1.56. The van der Waals surface area contributed by atoms with Gasteiger partial charge in [0, 0.05) is 7.05 Å². The average Bonchev–Trinajstić information content (AvgIpc) is 3.28. The summed E-state index contributed by atoms with van der Waals surface area (Å²) in [5.41, 5.74) is 1.93.